The van der Waals surface area contributed by atoms with Gasteiger partial charge in [-0.3, -0.25) is 4.79 Å². The first-order valence-electron chi connectivity index (χ1n) is 8.07. The van der Waals surface area contributed by atoms with Gasteiger partial charge in [0.05, 0.1) is 12.1 Å². The third-order valence-corrected chi connectivity index (χ3v) is 3.94. The van der Waals surface area contributed by atoms with E-state index < -0.39 is 11.6 Å². The molecule has 2 aromatic rings. The summed E-state index contributed by atoms with van der Waals surface area (Å²) in [4.78, 5) is 12.5. The fourth-order valence-corrected chi connectivity index (χ4v) is 2.49. The first-order chi connectivity index (χ1) is 11.3. The zero-order valence-electron chi connectivity index (χ0n) is 14.7. The minimum atomic E-state index is -0.636. The van der Waals surface area contributed by atoms with Crippen molar-refractivity contribution in [1.82, 2.24) is 5.32 Å². The fourth-order valence-electron chi connectivity index (χ4n) is 2.49. The zero-order chi connectivity index (χ0) is 17.7. The van der Waals surface area contributed by atoms with Gasteiger partial charge in [0.25, 0.3) is 5.91 Å². The number of aliphatic hydroxyl groups is 1. The lowest BCUT2D eigenvalue weighted by Gasteiger charge is -2.29. The van der Waals surface area contributed by atoms with Gasteiger partial charge in [-0.25, -0.2) is 0 Å². The van der Waals surface area contributed by atoms with E-state index in [0.717, 1.165) is 16.7 Å². The van der Waals surface area contributed by atoms with Gasteiger partial charge >= 0.3 is 0 Å². The second kappa shape index (κ2) is 7.49. The van der Waals surface area contributed by atoms with Crippen LogP contribution in [0.3, 0.4) is 0 Å². The molecule has 0 aromatic heterocycles. The summed E-state index contributed by atoms with van der Waals surface area (Å²) in [5.41, 5.74) is 2.46. The van der Waals surface area contributed by atoms with Gasteiger partial charge in [0, 0.05) is 0 Å². The Labute approximate surface area is 143 Å². The molecule has 0 spiro atoms. The minimum absolute atomic E-state index is 0.0574. The summed E-state index contributed by atoms with van der Waals surface area (Å²) in [6, 6.07) is 15.2. The molecule has 0 radical (unpaired) electrons. The average Bonchev–Trinajstić information content (AvgIpc) is 2.54. The van der Waals surface area contributed by atoms with E-state index in [9.17, 15) is 9.90 Å². The molecule has 0 aliphatic heterocycles. The summed E-state index contributed by atoms with van der Waals surface area (Å²) in [5.74, 6) is 0.383. The number of amides is 1. The fraction of sp³-hybridized carbons (Fsp3) is 0.350. The highest BCUT2D eigenvalue weighted by atomic mass is 16.5. The van der Waals surface area contributed by atoms with Crippen molar-refractivity contribution < 1.29 is 14.6 Å². The quantitative estimate of drug-likeness (QED) is 0.856. The molecule has 128 valence electrons. The van der Waals surface area contributed by atoms with Crippen molar-refractivity contribution in [2.75, 3.05) is 0 Å². The van der Waals surface area contributed by atoms with Gasteiger partial charge in [0.1, 0.15) is 5.75 Å². The molecule has 4 nitrogen and oxygen atoms in total. The van der Waals surface area contributed by atoms with Crippen molar-refractivity contribution in [1.29, 1.82) is 0 Å². The summed E-state index contributed by atoms with van der Waals surface area (Å²) in [5, 5.41) is 12.2. The predicted octanol–water partition coefficient (Wildman–Crippen LogP) is 3.31. The smallest absolute Gasteiger partial charge is 0.261 e. The van der Waals surface area contributed by atoms with Crippen molar-refractivity contribution in [3.63, 3.8) is 0 Å². The Morgan fingerprint density at radius 2 is 1.92 bits per heavy atom. The number of nitrogens with one attached hydrogen (secondary N) is 1. The SMILES string of the molecule is Cc1cccc(C(C)(C)NC(=O)C(C)Oc2cccc(CO)c2)c1. The molecule has 24 heavy (non-hydrogen) atoms. The molecular weight excluding hydrogens is 302 g/mol. The number of hydrogen-bond donors (Lipinski definition) is 2. The van der Waals surface area contributed by atoms with Crippen LogP contribution in [0.25, 0.3) is 0 Å². The standard InChI is InChI=1S/C20H25NO3/c1-14-7-5-9-17(11-14)20(3,4)21-19(23)15(2)24-18-10-6-8-16(12-18)13-22/h5-12,15,22H,13H2,1-4H3,(H,21,23). The topological polar surface area (TPSA) is 58.6 Å². The van der Waals surface area contributed by atoms with E-state index in [1.54, 1.807) is 31.2 Å². The van der Waals surface area contributed by atoms with Crippen LogP contribution in [-0.4, -0.2) is 17.1 Å². The van der Waals surface area contributed by atoms with E-state index >= 15 is 0 Å². The predicted molar refractivity (Wildman–Crippen MR) is 94.8 cm³/mol. The van der Waals surface area contributed by atoms with E-state index in [0.29, 0.717) is 5.75 Å². The Balaban J connectivity index is 2.05. The largest absolute Gasteiger partial charge is 0.481 e. The number of aryl methyl sites for hydroxylation is 1. The lowest BCUT2D eigenvalue weighted by atomic mass is 9.93. The van der Waals surface area contributed by atoms with Gasteiger partial charge in [-0.1, -0.05) is 42.0 Å². The number of ether oxygens (including phenoxy) is 1. The molecule has 0 saturated carbocycles. The maximum atomic E-state index is 12.5. The molecule has 0 saturated heterocycles. The molecule has 0 bridgehead atoms. The number of rotatable bonds is 6. The number of hydrogen-bond acceptors (Lipinski definition) is 3. The normalized spacial score (nSPS) is 12.5. The average molecular weight is 327 g/mol. The molecule has 0 aliphatic carbocycles. The zero-order valence-corrected chi connectivity index (χ0v) is 14.7. The maximum absolute atomic E-state index is 12.5. The highest BCUT2D eigenvalue weighted by Crippen LogP contribution is 2.22. The van der Waals surface area contributed by atoms with Gasteiger partial charge in [-0.2, -0.15) is 0 Å². The van der Waals surface area contributed by atoms with Crippen molar-refractivity contribution in [2.24, 2.45) is 0 Å². The highest BCUT2D eigenvalue weighted by Gasteiger charge is 2.26. The summed E-state index contributed by atoms with van der Waals surface area (Å²) in [6.45, 7) is 7.63. The molecule has 0 fully saturated rings. The van der Waals surface area contributed by atoms with Gasteiger partial charge in [0.2, 0.25) is 0 Å². The molecule has 1 unspecified atom stereocenters. The second-order valence-corrected chi connectivity index (χ2v) is 6.55. The maximum Gasteiger partial charge on any atom is 0.261 e. The first kappa shape index (κ1) is 18.0. The lowest BCUT2D eigenvalue weighted by Crippen LogP contribution is -2.46. The summed E-state index contributed by atoms with van der Waals surface area (Å²) >= 11 is 0. The van der Waals surface area contributed by atoms with Crippen LogP contribution in [0.5, 0.6) is 5.75 Å². The number of carbonyl (C=O) groups is 1. The van der Waals surface area contributed by atoms with E-state index in [2.05, 4.69) is 11.4 Å². The Hall–Kier alpha value is -2.33. The van der Waals surface area contributed by atoms with Crippen molar-refractivity contribution in [3.05, 3.63) is 65.2 Å². The van der Waals surface area contributed by atoms with Crippen LogP contribution in [-0.2, 0) is 16.9 Å². The Kier molecular flexibility index (Phi) is 5.62. The van der Waals surface area contributed by atoms with E-state index in [-0.39, 0.29) is 12.5 Å². The van der Waals surface area contributed by atoms with Crippen LogP contribution >= 0.6 is 0 Å². The van der Waals surface area contributed by atoms with Gasteiger partial charge < -0.3 is 15.2 Å². The first-order valence-corrected chi connectivity index (χ1v) is 8.07. The van der Waals surface area contributed by atoms with E-state index in [1.807, 2.05) is 39.0 Å². The Bertz CT molecular complexity index is 710. The van der Waals surface area contributed by atoms with Crippen LogP contribution in [0.2, 0.25) is 0 Å². The van der Waals surface area contributed by atoms with E-state index in [1.165, 1.54) is 0 Å². The van der Waals surface area contributed by atoms with Crippen molar-refractivity contribution in [3.8, 4) is 5.75 Å². The second-order valence-electron chi connectivity index (χ2n) is 6.55. The van der Waals surface area contributed by atoms with Crippen molar-refractivity contribution >= 4 is 5.91 Å². The molecule has 2 rings (SSSR count). The minimum Gasteiger partial charge on any atom is -0.481 e. The summed E-state index contributed by atoms with van der Waals surface area (Å²) in [6.07, 6.45) is -0.636. The molecule has 2 N–H and O–H groups in total. The molecule has 1 atom stereocenters. The van der Waals surface area contributed by atoms with Crippen LogP contribution in [0.4, 0.5) is 0 Å². The summed E-state index contributed by atoms with van der Waals surface area (Å²) in [7, 11) is 0. The third kappa shape index (κ3) is 4.59. The van der Waals surface area contributed by atoms with Gasteiger partial charge in [-0.05, 0) is 51.0 Å². The van der Waals surface area contributed by atoms with Crippen LogP contribution in [0.15, 0.2) is 48.5 Å². The van der Waals surface area contributed by atoms with Crippen molar-refractivity contribution in [2.45, 2.75) is 45.9 Å². The molecule has 1 amide bonds. The molecule has 4 heteroatoms. The molecule has 2 aromatic carbocycles. The van der Waals surface area contributed by atoms with Gasteiger partial charge in [-0.15, -0.1) is 0 Å². The highest BCUT2D eigenvalue weighted by molar-refractivity contribution is 5.81. The molecule has 0 aliphatic rings. The van der Waals surface area contributed by atoms with Gasteiger partial charge in [0.15, 0.2) is 6.10 Å². The number of carbonyl (C=O) groups excluding carboxylic acids is 1. The number of aliphatic hydroxyl groups excluding tert-OH is 1. The van der Waals surface area contributed by atoms with Crippen LogP contribution in [0, 0.1) is 6.92 Å². The Morgan fingerprint density at radius 1 is 1.21 bits per heavy atom. The monoisotopic (exact) mass is 327 g/mol. The summed E-state index contributed by atoms with van der Waals surface area (Å²) < 4.78 is 5.70. The Morgan fingerprint density at radius 3 is 2.58 bits per heavy atom. The number of benzene rings is 2. The lowest BCUT2D eigenvalue weighted by molar-refractivity contribution is -0.129. The van der Waals surface area contributed by atoms with Crippen LogP contribution < -0.4 is 10.1 Å². The van der Waals surface area contributed by atoms with Crippen LogP contribution in [0.1, 0.15) is 37.5 Å². The van der Waals surface area contributed by atoms with E-state index in [4.69, 9.17) is 4.74 Å². The molecular formula is C20H25NO3. The third-order valence-electron chi connectivity index (χ3n) is 3.94. The molecule has 0 heterocycles.